The topological polar surface area (TPSA) is 84.5 Å². The van der Waals surface area contributed by atoms with Crippen LogP contribution in [0.5, 0.6) is 0 Å². The fourth-order valence-corrected chi connectivity index (χ4v) is 5.27. The van der Waals surface area contributed by atoms with Crippen molar-refractivity contribution in [2.75, 3.05) is 10.6 Å². The number of benzene rings is 2. The van der Waals surface area contributed by atoms with Crippen molar-refractivity contribution in [1.82, 2.24) is 0 Å². The first-order valence-electron chi connectivity index (χ1n) is 9.68. The third-order valence-corrected chi connectivity index (χ3v) is 6.63. The molecule has 1 saturated heterocycles. The first-order chi connectivity index (χ1) is 14.0. The van der Waals surface area contributed by atoms with Gasteiger partial charge in [-0.3, -0.25) is 14.4 Å². The van der Waals surface area contributed by atoms with Crippen LogP contribution in [0.2, 0.25) is 5.02 Å². The predicted octanol–water partition coefficient (Wildman–Crippen LogP) is 3.73. The monoisotopic (exact) mass is 410 g/mol. The van der Waals surface area contributed by atoms with Crippen LogP contribution in [-0.2, 0) is 14.3 Å². The van der Waals surface area contributed by atoms with Crippen LogP contribution in [0.1, 0.15) is 23.2 Å². The summed E-state index contributed by atoms with van der Waals surface area (Å²) in [6.45, 7) is 0. The molecule has 0 unspecified atom stereocenters. The Kier molecular flexibility index (Phi) is 4.32. The Morgan fingerprint density at radius 2 is 1.86 bits per heavy atom. The number of halogens is 1. The predicted molar refractivity (Wildman–Crippen MR) is 108 cm³/mol. The summed E-state index contributed by atoms with van der Waals surface area (Å²) < 4.78 is 5.40. The van der Waals surface area contributed by atoms with Gasteiger partial charge in [-0.15, -0.1) is 0 Å². The van der Waals surface area contributed by atoms with Crippen molar-refractivity contribution in [2.45, 2.75) is 18.9 Å². The molecule has 2 amide bonds. The van der Waals surface area contributed by atoms with E-state index in [2.05, 4.69) is 10.6 Å². The third kappa shape index (κ3) is 3.08. The van der Waals surface area contributed by atoms with Crippen LogP contribution in [0.15, 0.2) is 48.5 Å². The molecule has 5 rings (SSSR count). The van der Waals surface area contributed by atoms with Crippen LogP contribution in [0.25, 0.3) is 0 Å². The Morgan fingerprint density at radius 3 is 2.69 bits per heavy atom. The second kappa shape index (κ2) is 6.88. The molecular formula is C22H19ClN2O4. The molecule has 2 N–H and O–H groups in total. The molecule has 2 aliphatic carbocycles. The Morgan fingerprint density at radius 1 is 1.03 bits per heavy atom. The lowest BCUT2D eigenvalue weighted by Gasteiger charge is -2.23. The smallest absolute Gasteiger partial charge is 0.310 e. The van der Waals surface area contributed by atoms with Gasteiger partial charge in [-0.2, -0.15) is 0 Å². The van der Waals surface area contributed by atoms with Gasteiger partial charge in [-0.25, -0.2) is 0 Å². The molecule has 2 aromatic rings. The zero-order chi connectivity index (χ0) is 20.1. The maximum Gasteiger partial charge on any atom is 0.310 e. The Balaban J connectivity index is 1.30. The Labute approximate surface area is 172 Å². The fourth-order valence-electron chi connectivity index (χ4n) is 5.08. The lowest BCUT2D eigenvalue weighted by Crippen LogP contribution is -2.35. The highest BCUT2D eigenvalue weighted by atomic mass is 35.5. The van der Waals surface area contributed by atoms with E-state index < -0.39 is 0 Å². The van der Waals surface area contributed by atoms with Crippen LogP contribution >= 0.6 is 11.6 Å². The number of esters is 1. The van der Waals surface area contributed by atoms with Gasteiger partial charge in [0.2, 0.25) is 5.91 Å². The van der Waals surface area contributed by atoms with Gasteiger partial charge in [0.1, 0.15) is 6.10 Å². The lowest BCUT2D eigenvalue weighted by molar-refractivity contribution is -0.145. The van der Waals surface area contributed by atoms with E-state index in [0.717, 1.165) is 12.8 Å². The molecule has 5 atom stereocenters. The third-order valence-electron chi connectivity index (χ3n) is 6.30. The Bertz CT molecular complexity index is 1020. The number of hydrogen-bond acceptors (Lipinski definition) is 4. The van der Waals surface area contributed by atoms with E-state index in [1.807, 2.05) is 0 Å². The summed E-state index contributed by atoms with van der Waals surface area (Å²) in [5.74, 6) is -1.06. The molecule has 0 spiro atoms. The molecule has 2 aromatic carbocycles. The number of amides is 2. The summed E-state index contributed by atoms with van der Waals surface area (Å²) in [7, 11) is 0. The van der Waals surface area contributed by atoms with Crippen LogP contribution < -0.4 is 10.6 Å². The highest BCUT2D eigenvalue weighted by molar-refractivity contribution is 6.33. The van der Waals surface area contributed by atoms with Gasteiger partial charge < -0.3 is 15.4 Å². The van der Waals surface area contributed by atoms with Gasteiger partial charge in [-0.05, 0) is 49.1 Å². The quantitative estimate of drug-likeness (QED) is 0.752. The van der Waals surface area contributed by atoms with Crippen molar-refractivity contribution in [1.29, 1.82) is 0 Å². The lowest BCUT2D eigenvalue weighted by atomic mass is 9.79. The van der Waals surface area contributed by atoms with Gasteiger partial charge >= 0.3 is 5.97 Å². The highest BCUT2D eigenvalue weighted by Gasteiger charge is 2.63. The highest BCUT2D eigenvalue weighted by Crippen LogP contribution is 2.57. The number of nitrogens with one attached hydrogen (secondary N) is 2. The van der Waals surface area contributed by atoms with Crippen molar-refractivity contribution >= 4 is 40.8 Å². The number of anilines is 2. The average molecular weight is 411 g/mol. The Hall–Kier alpha value is -2.86. The van der Waals surface area contributed by atoms with Gasteiger partial charge in [0, 0.05) is 17.2 Å². The van der Waals surface area contributed by atoms with Gasteiger partial charge in [-0.1, -0.05) is 29.8 Å². The van der Waals surface area contributed by atoms with Crippen LogP contribution in [0, 0.1) is 23.7 Å². The molecule has 29 heavy (non-hydrogen) atoms. The summed E-state index contributed by atoms with van der Waals surface area (Å²) in [6.07, 6.45) is 1.64. The van der Waals surface area contributed by atoms with Gasteiger partial charge in [0.25, 0.3) is 5.91 Å². The zero-order valence-corrected chi connectivity index (χ0v) is 16.2. The standard InChI is InChI=1S/C22H19ClN2O4/c23-15-6-1-2-7-16(15)25-20(26)11-4-3-5-13(8-11)24-21(27)18-12-9-14-17(10-12)29-22(28)19(14)18/h1-8,12,14,17-19H,9-10H2,(H,24,27)(H,25,26)/t12-,14+,17-,18+,19+/m1/s1. The van der Waals surface area contributed by atoms with Crippen molar-refractivity contribution < 1.29 is 19.1 Å². The summed E-state index contributed by atoms with van der Waals surface area (Å²) in [6, 6.07) is 13.7. The molecule has 3 fully saturated rings. The molecular weight excluding hydrogens is 392 g/mol. The minimum atomic E-state index is -0.355. The van der Waals surface area contributed by atoms with E-state index in [1.54, 1.807) is 48.5 Å². The summed E-state index contributed by atoms with van der Waals surface area (Å²) in [5.41, 5.74) is 1.44. The number of rotatable bonds is 4. The first kappa shape index (κ1) is 18.2. The number of ether oxygens (including phenoxy) is 1. The molecule has 1 aliphatic heterocycles. The average Bonchev–Trinajstić information content (AvgIpc) is 3.32. The second-order valence-electron chi connectivity index (χ2n) is 7.93. The van der Waals surface area contributed by atoms with Crippen LogP contribution in [-0.4, -0.2) is 23.9 Å². The summed E-state index contributed by atoms with van der Waals surface area (Å²) >= 11 is 6.09. The number of carbonyl (C=O) groups is 3. The normalized spacial score (nSPS) is 28.9. The molecule has 2 saturated carbocycles. The number of hydrogen-bond donors (Lipinski definition) is 2. The van der Waals surface area contributed by atoms with Crippen LogP contribution in [0.4, 0.5) is 11.4 Å². The van der Waals surface area contributed by atoms with Crippen molar-refractivity contribution in [3.63, 3.8) is 0 Å². The van der Waals surface area contributed by atoms with E-state index in [4.69, 9.17) is 16.3 Å². The molecule has 6 nitrogen and oxygen atoms in total. The summed E-state index contributed by atoms with van der Waals surface area (Å²) in [4.78, 5) is 37.6. The minimum Gasteiger partial charge on any atom is -0.462 e. The van der Waals surface area contributed by atoms with E-state index >= 15 is 0 Å². The largest absolute Gasteiger partial charge is 0.462 e. The minimum absolute atomic E-state index is 0.00150. The molecule has 0 radical (unpaired) electrons. The number of fused-ring (bicyclic) bond motifs is 1. The van der Waals surface area contributed by atoms with E-state index in [0.29, 0.717) is 22.0 Å². The molecule has 148 valence electrons. The molecule has 3 aliphatic rings. The fraction of sp³-hybridized carbons (Fsp3) is 0.318. The summed E-state index contributed by atoms with van der Waals surface area (Å²) in [5, 5.41) is 6.10. The zero-order valence-electron chi connectivity index (χ0n) is 15.4. The molecule has 0 aromatic heterocycles. The van der Waals surface area contributed by atoms with Gasteiger partial charge in [0.05, 0.1) is 22.5 Å². The van der Waals surface area contributed by atoms with E-state index in [1.165, 1.54) is 0 Å². The number of carbonyl (C=O) groups excluding carboxylic acids is 3. The van der Waals surface area contributed by atoms with Crippen molar-refractivity contribution in [3.8, 4) is 0 Å². The maximum absolute atomic E-state index is 12.9. The second-order valence-corrected chi connectivity index (χ2v) is 8.33. The van der Waals surface area contributed by atoms with Crippen molar-refractivity contribution in [3.05, 3.63) is 59.1 Å². The number of para-hydroxylation sites is 1. The van der Waals surface area contributed by atoms with E-state index in [-0.39, 0.29) is 47.6 Å². The van der Waals surface area contributed by atoms with Crippen molar-refractivity contribution in [2.24, 2.45) is 23.7 Å². The molecule has 1 heterocycles. The SMILES string of the molecule is O=C(Nc1ccccc1Cl)c1cccc(NC(=O)[C@H]2[C@@H]3C[C@@H]4[C@@H]2C(=O)O[C@@H]4C3)c1. The van der Waals surface area contributed by atoms with Crippen LogP contribution in [0.3, 0.4) is 0 Å². The first-order valence-corrected chi connectivity index (χ1v) is 10.1. The van der Waals surface area contributed by atoms with E-state index in [9.17, 15) is 14.4 Å². The van der Waals surface area contributed by atoms with Gasteiger partial charge in [0.15, 0.2) is 0 Å². The molecule has 7 heteroatoms. The maximum atomic E-state index is 12.9. The molecule has 2 bridgehead atoms.